The van der Waals surface area contributed by atoms with E-state index < -0.39 is 0 Å². The van der Waals surface area contributed by atoms with Crippen LogP contribution in [0, 0.1) is 0 Å². The van der Waals surface area contributed by atoms with Gasteiger partial charge in [0.25, 0.3) is 0 Å². The highest BCUT2D eigenvalue weighted by Crippen LogP contribution is 2.28. The highest BCUT2D eigenvalue weighted by Gasteiger charge is 2.13. The van der Waals surface area contributed by atoms with E-state index in [1.807, 2.05) is 12.1 Å². The van der Waals surface area contributed by atoms with E-state index >= 15 is 0 Å². The first-order valence-electron chi connectivity index (χ1n) is 7.18. The maximum absolute atomic E-state index is 5.92. The Labute approximate surface area is 114 Å². The molecule has 0 amide bonds. The standard InChI is InChI=1S/C16H23NO2/c1-4-9-18-13-7-8-15-12(10-13)11-16(19-15)14(5-2)17-6-3/h7-8,10-11,14,17H,4-6,9H2,1-3H3. The zero-order chi connectivity index (χ0) is 13.7. The number of fused-ring (bicyclic) bond motifs is 1. The third kappa shape index (κ3) is 3.29. The van der Waals surface area contributed by atoms with Crippen molar-refractivity contribution in [1.82, 2.24) is 5.32 Å². The lowest BCUT2D eigenvalue weighted by atomic mass is 10.1. The van der Waals surface area contributed by atoms with E-state index in [0.29, 0.717) is 0 Å². The number of nitrogens with one attached hydrogen (secondary N) is 1. The van der Waals surface area contributed by atoms with Crippen LogP contribution in [0.5, 0.6) is 5.75 Å². The quantitative estimate of drug-likeness (QED) is 0.807. The van der Waals surface area contributed by atoms with Crippen molar-refractivity contribution in [2.24, 2.45) is 0 Å². The van der Waals surface area contributed by atoms with Crippen LogP contribution in [-0.4, -0.2) is 13.2 Å². The van der Waals surface area contributed by atoms with Crippen LogP contribution in [0.15, 0.2) is 28.7 Å². The largest absolute Gasteiger partial charge is 0.494 e. The molecule has 1 unspecified atom stereocenters. The SMILES string of the molecule is CCCOc1ccc2oc(C(CC)NCC)cc2c1. The molecule has 2 aromatic rings. The summed E-state index contributed by atoms with van der Waals surface area (Å²) in [7, 11) is 0. The van der Waals surface area contributed by atoms with Gasteiger partial charge in [0.05, 0.1) is 12.6 Å². The average molecular weight is 261 g/mol. The third-order valence-corrected chi connectivity index (χ3v) is 3.18. The minimum atomic E-state index is 0.289. The van der Waals surface area contributed by atoms with Crippen molar-refractivity contribution < 1.29 is 9.15 Å². The Morgan fingerprint density at radius 2 is 2.05 bits per heavy atom. The Hall–Kier alpha value is -1.48. The normalized spacial score (nSPS) is 12.8. The lowest BCUT2D eigenvalue weighted by Gasteiger charge is -2.11. The van der Waals surface area contributed by atoms with E-state index in [4.69, 9.17) is 9.15 Å². The van der Waals surface area contributed by atoms with Crippen molar-refractivity contribution >= 4 is 11.0 Å². The molecular formula is C16H23NO2. The van der Waals surface area contributed by atoms with E-state index in [9.17, 15) is 0 Å². The highest BCUT2D eigenvalue weighted by molar-refractivity contribution is 5.79. The predicted octanol–water partition coefficient (Wildman–Crippen LogP) is 4.28. The Balaban J connectivity index is 2.24. The van der Waals surface area contributed by atoms with Gasteiger partial charge in [0.15, 0.2) is 0 Å². The summed E-state index contributed by atoms with van der Waals surface area (Å²) in [5.74, 6) is 1.92. The van der Waals surface area contributed by atoms with Crippen LogP contribution in [0.2, 0.25) is 0 Å². The molecule has 19 heavy (non-hydrogen) atoms. The fourth-order valence-electron chi connectivity index (χ4n) is 2.22. The van der Waals surface area contributed by atoms with Gasteiger partial charge in [-0.3, -0.25) is 0 Å². The molecule has 0 aliphatic carbocycles. The summed E-state index contributed by atoms with van der Waals surface area (Å²) in [6, 6.07) is 8.42. The van der Waals surface area contributed by atoms with Crippen molar-refractivity contribution in [1.29, 1.82) is 0 Å². The van der Waals surface area contributed by atoms with Crippen LogP contribution < -0.4 is 10.1 Å². The van der Waals surface area contributed by atoms with Gasteiger partial charge in [-0.1, -0.05) is 20.8 Å². The van der Waals surface area contributed by atoms with E-state index in [0.717, 1.165) is 48.5 Å². The van der Waals surface area contributed by atoms with Crippen LogP contribution in [-0.2, 0) is 0 Å². The first-order chi connectivity index (χ1) is 9.28. The Morgan fingerprint density at radius 1 is 1.21 bits per heavy atom. The number of ether oxygens (including phenoxy) is 1. The molecule has 0 radical (unpaired) electrons. The van der Waals surface area contributed by atoms with Gasteiger partial charge in [0, 0.05) is 5.39 Å². The molecule has 1 aromatic heterocycles. The molecule has 1 N–H and O–H groups in total. The molecule has 0 aliphatic heterocycles. The molecule has 2 rings (SSSR count). The molecule has 1 heterocycles. The van der Waals surface area contributed by atoms with Crippen molar-refractivity contribution in [2.45, 2.75) is 39.7 Å². The van der Waals surface area contributed by atoms with Crippen molar-refractivity contribution in [3.05, 3.63) is 30.0 Å². The van der Waals surface area contributed by atoms with Crippen LogP contribution in [0.3, 0.4) is 0 Å². The second-order valence-corrected chi connectivity index (χ2v) is 4.72. The van der Waals surface area contributed by atoms with Gasteiger partial charge in [-0.2, -0.15) is 0 Å². The number of rotatable bonds is 7. The van der Waals surface area contributed by atoms with Gasteiger partial charge in [0.1, 0.15) is 17.1 Å². The van der Waals surface area contributed by atoms with Gasteiger partial charge in [0.2, 0.25) is 0 Å². The highest BCUT2D eigenvalue weighted by atomic mass is 16.5. The average Bonchev–Trinajstić information content (AvgIpc) is 2.85. The first kappa shape index (κ1) is 13.9. The minimum absolute atomic E-state index is 0.289. The summed E-state index contributed by atoms with van der Waals surface area (Å²) >= 11 is 0. The maximum Gasteiger partial charge on any atom is 0.134 e. The Bertz CT molecular complexity index is 518. The summed E-state index contributed by atoms with van der Waals surface area (Å²) in [6.45, 7) is 8.08. The fraction of sp³-hybridized carbons (Fsp3) is 0.500. The van der Waals surface area contributed by atoms with Crippen LogP contribution in [0.1, 0.15) is 45.4 Å². The Kier molecular flexibility index (Phi) is 4.86. The molecule has 3 heteroatoms. The number of benzene rings is 1. The molecule has 0 saturated carbocycles. The topological polar surface area (TPSA) is 34.4 Å². The molecule has 3 nitrogen and oxygen atoms in total. The van der Waals surface area contributed by atoms with Crippen molar-refractivity contribution in [2.75, 3.05) is 13.2 Å². The predicted molar refractivity (Wildman–Crippen MR) is 78.7 cm³/mol. The maximum atomic E-state index is 5.92. The molecule has 0 saturated heterocycles. The van der Waals surface area contributed by atoms with Gasteiger partial charge in [-0.15, -0.1) is 0 Å². The van der Waals surface area contributed by atoms with Crippen molar-refractivity contribution in [3.8, 4) is 5.75 Å². The van der Waals surface area contributed by atoms with E-state index in [1.165, 1.54) is 0 Å². The summed E-state index contributed by atoms with van der Waals surface area (Å²) in [4.78, 5) is 0. The van der Waals surface area contributed by atoms with Crippen LogP contribution in [0.4, 0.5) is 0 Å². The molecule has 0 bridgehead atoms. The van der Waals surface area contributed by atoms with Crippen LogP contribution >= 0.6 is 0 Å². The van der Waals surface area contributed by atoms with Gasteiger partial charge in [-0.25, -0.2) is 0 Å². The first-order valence-corrected chi connectivity index (χ1v) is 7.18. The minimum Gasteiger partial charge on any atom is -0.494 e. The zero-order valence-corrected chi connectivity index (χ0v) is 12.0. The summed E-state index contributed by atoms with van der Waals surface area (Å²) < 4.78 is 11.6. The molecule has 1 atom stereocenters. The number of furan rings is 1. The second-order valence-electron chi connectivity index (χ2n) is 4.72. The van der Waals surface area contributed by atoms with E-state index in [-0.39, 0.29) is 6.04 Å². The molecular weight excluding hydrogens is 238 g/mol. The van der Waals surface area contributed by atoms with E-state index in [1.54, 1.807) is 0 Å². The molecule has 1 aromatic carbocycles. The Morgan fingerprint density at radius 3 is 2.74 bits per heavy atom. The fourth-order valence-corrected chi connectivity index (χ4v) is 2.22. The molecule has 104 valence electrons. The zero-order valence-electron chi connectivity index (χ0n) is 12.0. The van der Waals surface area contributed by atoms with Gasteiger partial charge < -0.3 is 14.5 Å². The lowest BCUT2D eigenvalue weighted by molar-refractivity contribution is 0.318. The smallest absolute Gasteiger partial charge is 0.134 e. The number of hydrogen-bond acceptors (Lipinski definition) is 3. The van der Waals surface area contributed by atoms with E-state index in [2.05, 4.69) is 38.2 Å². The lowest BCUT2D eigenvalue weighted by Crippen LogP contribution is -2.19. The molecule has 0 aliphatic rings. The third-order valence-electron chi connectivity index (χ3n) is 3.18. The molecule has 0 spiro atoms. The number of hydrogen-bond donors (Lipinski definition) is 1. The summed E-state index contributed by atoms with van der Waals surface area (Å²) in [6.07, 6.45) is 2.04. The summed E-state index contributed by atoms with van der Waals surface area (Å²) in [5, 5.41) is 4.54. The van der Waals surface area contributed by atoms with Crippen LogP contribution in [0.25, 0.3) is 11.0 Å². The monoisotopic (exact) mass is 261 g/mol. The van der Waals surface area contributed by atoms with Gasteiger partial charge in [-0.05, 0) is 43.7 Å². The second kappa shape index (κ2) is 6.62. The summed E-state index contributed by atoms with van der Waals surface area (Å²) in [5.41, 5.74) is 0.926. The molecule has 0 fully saturated rings. The van der Waals surface area contributed by atoms with Gasteiger partial charge >= 0.3 is 0 Å². The van der Waals surface area contributed by atoms with Crippen molar-refractivity contribution in [3.63, 3.8) is 0 Å².